The van der Waals surface area contributed by atoms with Gasteiger partial charge >= 0.3 is 0 Å². The molecule has 1 aromatic carbocycles. The lowest BCUT2D eigenvalue weighted by atomic mass is 9.77. The van der Waals surface area contributed by atoms with E-state index in [1.165, 1.54) is 12.1 Å². The van der Waals surface area contributed by atoms with Crippen LogP contribution in [0, 0.1) is 5.82 Å². The molecule has 108 valence electrons. The molecule has 0 bridgehead atoms. The molecule has 1 heterocycles. The van der Waals surface area contributed by atoms with Crippen LogP contribution >= 0.6 is 0 Å². The highest BCUT2D eigenvalue weighted by Crippen LogP contribution is 2.35. The monoisotopic (exact) mass is 275 g/mol. The molecule has 0 aliphatic carbocycles. The van der Waals surface area contributed by atoms with Crippen LogP contribution in [0.5, 0.6) is 0 Å². The Kier molecular flexibility index (Phi) is 4.23. The summed E-state index contributed by atoms with van der Waals surface area (Å²) in [5.41, 5.74) is 8.21. The van der Waals surface area contributed by atoms with Crippen LogP contribution in [0.1, 0.15) is 44.5 Å². The fourth-order valence-corrected chi connectivity index (χ4v) is 2.43. The first-order valence-corrected chi connectivity index (χ1v) is 7.00. The van der Waals surface area contributed by atoms with Crippen LogP contribution in [0.2, 0.25) is 0 Å². The molecular formula is C16H22FN3. The van der Waals surface area contributed by atoms with Gasteiger partial charge in [0.1, 0.15) is 5.82 Å². The standard InChI is InChI=1S/C16H22FN3/c1-4-11-20-14(9-10-19-20)15(18)16(2,3)12-5-7-13(17)8-6-12/h5-10,15H,4,11,18H2,1-3H3. The number of hydrogen-bond donors (Lipinski definition) is 1. The summed E-state index contributed by atoms with van der Waals surface area (Å²) in [4.78, 5) is 0. The number of aromatic nitrogens is 2. The summed E-state index contributed by atoms with van der Waals surface area (Å²) in [6, 6.07) is 8.33. The maximum Gasteiger partial charge on any atom is 0.123 e. The van der Waals surface area contributed by atoms with Crippen molar-refractivity contribution in [2.24, 2.45) is 5.73 Å². The Morgan fingerprint density at radius 2 is 1.90 bits per heavy atom. The highest BCUT2D eigenvalue weighted by molar-refractivity contribution is 5.29. The number of benzene rings is 1. The van der Waals surface area contributed by atoms with Gasteiger partial charge in [-0.3, -0.25) is 4.68 Å². The molecule has 1 atom stereocenters. The SMILES string of the molecule is CCCn1nccc1C(N)C(C)(C)c1ccc(F)cc1. The normalized spacial score (nSPS) is 13.4. The lowest BCUT2D eigenvalue weighted by Gasteiger charge is -2.32. The van der Waals surface area contributed by atoms with Gasteiger partial charge in [-0.15, -0.1) is 0 Å². The van der Waals surface area contributed by atoms with E-state index < -0.39 is 0 Å². The topological polar surface area (TPSA) is 43.8 Å². The number of nitrogens with zero attached hydrogens (tertiary/aromatic N) is 2. The summed E-state index contributed by atoms with van der Waals surface area (Å²) >= 11 is 0. The Bertz CT molecular complexity index is 557. The minimum absolute atomic E-state index is 0.193. The number of aryl methyl sites for hydroxylation is 1. The summed E-state index contributed by atoms with van der Waals surface area (Å²) in [5.74, 6) is -0.228. The third-order valence-electron chi connectivity index (χ3n) is 3.87. The summed E-state index contributed by atoms with van der Waals surface area (Å²) in [6.07, 6.45) is 2.80. The molecule has 2 aromatic rings. The van der Waals surface area contributed by atoms with Crippen LogP contribution in [0.25, 0.3) is 0 Å². The molecule has 0 spiro atoms. The molecular weight excluding hydrogens is 253 g/mol. The molecule has 1 aromatic heterocycles. The number of halogens is 1. The van der Waals surface area contributed by atoms with Crippen molar-refractivity contribution in [1.82, 2.24) is 9.78 Å². The van der Waals surface area contributed by atoms with Gasteiger partial charge in [0.25, 0.3) is 0 Å². The first-order valence-electron chi connectivity index (χ1n) is 7.00. The van der Waals surface area contributed by atoms with Crippen LogP contribution < -0.4 is 5.73 Å². The van der Waals surface area contributed by atoms with Crippen LogP contribution in [-0.4, -0.2) is 9.78 Å². The zero-order valence-corrected chi connectivity index (χ0v) is 12.3. The van der Waals surface area contributed by atoms with Gasteiger partial charge < -0.3 is 5.73 Å². The smallest absolute Gasteiger partial charge is 0.123 e. The zero-order chi connectivity index (χ0) is 14.8. The van der Waals surface area contributed by atoms with Crippen LogP contribution in [-0.2, 0) is 12.0 Å². The predicted molar refractivity (Wildman–Crippen MR) is 78.9 cm³/mol. The maximum atomic E-state index is 13.1. The second kappa shape index (κ2) is 5.75. The Labute approximate surface area is 119 Å². The molecule has 0 saturated carbocycles. The summed E-state index contributed by atoms with van der Waals surface area (Å²) in [6.45, 7) is 7.13. The number of rotatable bonds is 5. The quantitative estimate of drug-likeness (QED) is 0.908. The summed E-state index contributed by atoms with van der Waals surface area (Å²) in [5, 5.41) is 4.32. The number of nitrogens with two attached hydrogens (primary N) is 1. The van der Waals surface area contributed by atoms with Gasteiger partial charge in [-0.1, -0.05) is 32.9 Å². The minimum atomic E-state index is -0.292. The Morgan fingerprint density at radius 3 is 2.50 bits per heavy atom. The van der Waals surface area contributed by atoms with Gasteiger partial charge in [0.15, 0.2) is 0 Å². The molecule has 2 rings (SSSR count). The van der Waals surface area contributed by atoms with E-state index in [1.54, 1.807) is 18.3 Å². The van der Waals surface area contributed by atoms with Crippen LogP contribution in [0.15, 0.2) is 36.5 Å². The van der Waals surface area contributed by atoms with Crippen molar-refractivity contribution in [3.63, 3.8) is 0 Å². The van der Waals surface area contributed by atoms with E-state index in [2.05, 4.69) is 25.9 Å². The highest BCUT2D eigenvalue weighted by Gasteiger charge is 2.31. The molecule has 0 aliphatic rings. The maximum absolute atomic E-state index is 13.1. The van der Waals surface area contributed by atoms with Gasteiger partial charge in [0, 0.05) is 18.2 Å². The van der Waals surface area contributed by atoms with Crippen molar-refractivity contribution in [2.75, 3.05) is 0 Å². The van der Waals surface area contributed by atoms with E-state index in [0.717, 1.165) is 24.2 Å². The third kappa shape index (κ3) is 2.75. The van der Waals surface area contributed by atoms with E-state index >= 15 is 0 Å². The van der Waals surface area contributed by atoms with Gasteiger partial charge in [-0.2, -0.15) is 5.10 Å². The Balaban J connectivity index is 2.32. The molecule has 0 fully saturated rings. The van der Waals surface area contributed by atoms with Gasteiger partial charge in [-0.05, 0) is 30.2 Å². The molecule has 0 amide bonds. The second-order valence-electron chi connectivity index (χ2n) is 5.69. The summed E-state index contributed by atoms with van der Waals surface area (Å²) < 4.78 is 15.0. The molecule has 0 saturated heterocycles. The molecule has 4 heteroatoms. The van der Waals surface area contributed by atoms with E-state index in [0.29, 0.717) is 0 Å². The van der Waals surface area contributed by atoms with E-state index in [1.807, 2.05) is 10.7 Å². The average Bonchev–Trinajstić information content (AvgIpc) is 2.87. The zero-order valence-electron chi connectivity index (χ0n) is 12.3. The van der Waals surface area contributed by atoms with Crippen molar-refractivity contribution in [2.45, 2.75) is 45.2 Å². The second-order valence-corrected chi connectivity index (χ2v) is 5.69. The van der Waals surface area contributed by atoms with Crippen LogP contribution in [0.3, 0.4) is 0 Å². The minimum Gasteiger partial charge on any atom is -0.322 e. The molecule has 1 unspecified atom stereocenters. The van der Waals surface area contributed by atoms with E-state index in [9.17, 15) is 4.39 Å². The molecule has 0 radical (unpaired) electrons. The Hall–Kier alpha value is -1.68. The lowest BCUT2D eigenvalue weighted by Crippen LogP contribution is -2.35. The van der Waals surface area contributed by atoms with Crippen LogP contribution in [0.4, 0.5) is 4.39 Å². The first kappa shape index (κ1) is 14.7. The molecule has 0 aliphatic heterocycles. The first-order chi connectivity index (χ1) is 9.46. The van der Waals surface area contributed by atoms with Crippen molar-refractivity contribution in [3.05, 3.63) is 53.6 Å². The van der Waals surface area contributed by atoms with Gasteiger partial charge in [-0.25, -0.2) is 4.39 Å². The third-order valence-corrected chi connectivity index (χ3v) is 3.87. The van der Waals surface area contributed by atoms with Gasteiger partial charge in [0.2, 0.25) is 0 Å². The molecule has 20 heavy (non-hydrogen) atoms. The Morgan fingerprint density at radius 1 is 1.25 bits per heavy atom. The van der Waals surface area contributed by atoms with Crippen molar-refractivity contribution < 1.29 is 4.39 Å². The summed E-state index contributed by atoms with van der Waals surface area (Å²) in [7, 11) is 0. The van der Waals surface area contributed by atoms with Crippen molar-refractivity contribution in [3.8, 4) is 0 Å². The van der Waals surface area contributed by atoms with E-state index in [4.69, 9.17) is 5.73 Å². The number of hydrogen-bond acceptors (Lipinski definition) is 2. The van der Waals surface area contributed by atoms with Crippen molar-refractivity contribution in [1.29, 1.82) is 0 Å². The predicted octanol–water partition coefficient (Wildman–Crippen LogP) is 3.41. The van der Waals surface area contributed by atoms with E-state index in [-0.39, 0.29) is 17.3 Å². The largest absolute Gasteiger partial charge is 0.322 e. The van der Waals surface area contributed by atoms with Gasteiger partial charge in [0.05, 0.1) is 11.7 Å². The van der Waals surface area contributed by atoms with Crippen molar-refractivity contribution >= 4 is 0 Å². The highest BCUT2D eigenvalue weighted by atomic mass is 19.1. The average molecular weight is 275 g/mol. The fraction of sp³-hybridized carbons (Fsp3) is 0.438. The lowest BCUT2D eigenvalue weighted by molar-refractivity contribution is 0.390. The molecule has 3 nitrogen and oxygen atoms in total. The molecule has 2 N–H and O–H groups in total. The fourth-order valence-electron chi connectivity index (χ4n) is 2.43.